The fourth-order valence-electron chi connectivity index (χ4n) is 3.70. The van der Waals surface area contributed by atoms with Crippen LogP contribution in [0.5, 0.6) is 5.75 Å². The molecule has 0 aliphatic carbocycles. The SMILES string of the molecule is NN=Cc1ccc(CCCCC(=O)NC(CC(=O)O)c2ccc(OCc3ccccc3)cc2)cc1. The molecular weight excluding hydrogens is 442 g/mol. The van der Waals surface area contributed by atoms with Crippen LogP contribution in [0, 0.1) is 0 Å². The molecule has 4 N–H and O–H groups in total. The lowest BCUT2D eigenvalue weighted by molar-refractivity contribution is -0.137. The zero-order valence-electron chi connectivity index (χ0n) is 19.6. The maximum absolute atomic E-state index is 12.5. The fraction of sp³-hybridized carbons (Fsp3) is 0.250. The lowest BCUT2D eigenvalue weighted by Crippen LogP contribution is -2.30. The zero-order valence-corrected chi connectivity index (χ0v) is 19.6. The molecule has 3 rings (SSSR count). The number of aryl methyl sites for hydroxylation is 1. The van der Waals surface area contributed by atoms with Crippen molar-refractivity contribution in [2.24, 2.45) is 10.9 Å². The van der Waals surface area contributed by atoms with Crippen molar-refractivity contribution in [2.75, 3.05) is 0 Å². The number of unbranched alkanes of at least 4 members (excludes halogenated alkanes) is 1. The number of carbonyl (C=O) groups is 2. The molecule has 0 saturated carbocycles. The van der Waals surface area contributed by atoms with Crippen LogP contribution in [-0.4, -0.2) is 23.2 Å². The molecule has 7 nitrogen and oxygen atoms in total. The van der Waals surface area contributed by atoms with Crippen molar-refractivity contribution in [3.05, 3.63) is 101 Å². The van der Waals surface area contributed by atoms with Gasteiger partial charge in [0.15, 0.2) is 0 Å². The summed E-state index contributed by atoms with van der Waals surface area (Å²) in [5, 5.41) is 15.7. The van der Waals surface area contributed by atoms with Gasteiger partial charge in [-0.2, -0.15) is 5.10 Å². The molecule has 1 unspecified atom stereocenters. The molecule has 7 heteroatoms. The first-order valence-electron chi connectivity index (χ1n) is 11.6. The topological polar surface area (TPSA) is 114 Å². The Balaban J connectivity index is 1.47. The summed E-state index contributed by atoms with van der Waals surface area (Å²) in [6.45, 7) is 0.446. The second-order valence-electron chi connectivity index (χ2n) is 8.29. The van der Waals surface area contributed by atoms with Crippen molar-refractivity contribution >= 4 is 18.1 Å². The van der Waals surface area contributed by atoms with Gasteiger partial charge in [0.05, 0.1) is 18.7 Å². The smallest absolute Gasteiger partial charge is 0.305 e. The lowest BCUT2D eigenvalue weighted by Gasteiger charge is -2.18. The fourth-order valence-corrected chi connectivity index (χ4v) is 3.70. The molecule has 0 spiro atoms. The number of nitrogens with two attached hydrogens (primary N) is 1. The highest BCUT2D eigenvalue weighted by Crippen LogP contribution is 2.22. The summed E-state index contributed by atoms with van der Waals surface area (Å²) >= 11 is 0. The number of rotatable bonds is 13. The van der Waals surface area contributed by atoms with Gasteiger partial charge in [0.1, 0.15) is 12.4 Å². The Labute approximate surface area is 205 Å². The standard InChI is InChI=1S/C28H31N3O4/c29-30-19-22-12-10-21(11-13-22)6-4-5-9-27(32)31-26(18-28(33)34)24-14-16-25(17-15-24)35-20-23-7-2-1-3-8-23/h1-3,7-8,10-17,19,26H,4-6,9,18,20,29H2,(H,31,32)(H,33,34). The monoisotopic (exact) mass is 473 g/mol. The molecule has 1 atom stereocenters. The van der Waals surface area contributed by atoms with E-state index in [1.165, 1.54) is 5.56 Å². The second-order valence-corrected chi connectivity index (χ2v) is 8.29. The largest absolute Gasteiger partial charge is 0.489 e. The molecule has 3 aromatic rings. The Morgan fingerprint density at radius 2 is 1.66 bits per heavy atom. The highest BCUT2D eigenvalue weighted by atomic mass is 16.5. The average Bonchev–Trinajstić information content (AvgIpc) is 2.87. The number of nitrogens with one attached hydrogen (secondary N) is 1. The third-order valence-corrected chi connectivity index (χ3v) is 5.57. The van der Waals surface area contributed by atoms with Gasteiger partial charge in [-0.15, -0.1) is 0 Å². The molecule has 0 aliphatic rings. The average molecular weight is 474 g/mol. The number of carboxylic acid groups (broad SMARTS) is 1. The van der Waals surface area contributed by atoms with E-state index in [4.69, 9.17) is 10.6 Å². The first kappa shape index (κ1) is 25.5. The third-order valence-electron chi connectivity index (χ3n) is 5.57. The molecular formula is C28H31N3O4. The van der Waals surface area contributed by atoms with Gasteiger partial charge in [-0.3, -0.25) is 9.59 Å². The summed E-state index contributed by atoms with van der Waals surface area (Å²) < 4.78 is 5.79. The van der Waals surface area contributed by atoms with Crippen molar-refractivity contribution in [1.29, 1.82) is 0 Å². The maximum Gasteiger partial charge on any atom is 0.305 e. The van der Waals surface area contributed by atoms with Crippen LogP contribution < -0.4 is 15.9 Å². The number of carbonyl (C=O) groups excluding carboxylic acids is 1. The van der Waals surface area contributed by atoms with Gasteiger partial charge >= 0.3 is 5.97 Å². The highest BCUT2D eigenvalue weighted by Gasteiger charge is 2.18. The van der Waals surface area contributed by atoms with Crippen LogP contribution in [0.2, 0.25) is 0 Å². The van der Waals surface area contributed by atoms with Crippen LogP contribution in [0.4, 0.5) is 0 Å². The normalized spacial score (nSPS) is 11.8. The maximum atomic E-state index is 12.5. The molecule has 0 fully saturated rings. The van der Waals surface area contributed by atoms with Crippen LogP contribution in [0.1, 0.15) is 54.0 Å². The summed E-state index contributed by atoms with van der Waals surface area (Å²) in [6.07, 6.45) is 4.17. The van der Waals surface area contributed by atoms with Crippen LogP contribution in [0.15, 0.2) is 84.0 Å². The highest BCUT2D eigenvalue weighted by molar-refractivity contribution is 5.79. The van der Waals surface area contributed by atoms with E-state index in [-0.39, 0.29) is 12.3 Å². The molecule has 0 bridgehead atoms. The van der Waals surface area contributed by atoms with Gasteiger partial charge < -0.3 is 21.0 Å². The first-order valence-corrected chi connectivity index (χ1v) is 11.6. The number of hydrazone groups is 1. The Morgan fingerprint density at radius 3 is 2.31 bits per heavy atom. The number of carboxylic acids is 1. The van der Waals surface area contributed by atoms with E-state index in [0.29, 0.717) is 25.2 Å². The molecule has 0 radical (unpaired) electrons. The third kappa shape index (κ3) is 8.97. The summed E-state index contributed by atoms with van der Waals surface area (Å²) in [4.78, 5) is 23.9. The number of ether oxygens (including phenoxy) is 1. The molecule has 0 heterocycles. The minimum absolute atomic E-state index is 0.157. The van der Waals surface area contributed by atoms with Crippen LogP contribution in [-0.2, 0) is 22.6 Å². The summed E-state index contributed by atoms with van der Waals surface area (Å²) in [7, 11) is 0. The predicted octanol–water partition coefficient (Wildman–Crippen LogP) is 4.60. The second kappa shape index (κ2) is 13.5. The Morgan fingerprint density at radius 1 is 0.943 bits per heavy atom. The minimum atomic E-state index is -0.970. The Kier molecular flexibility index (Phi) is 9.87. The van der Waals surface area contributed by atoms with Crippen molar-refractivity contribution in [3.8, 4) is 5.75 Å². The van der Waals surface area contributed by atoms with Gasteiger partial charge in [0.25, 0.3) is 0 Å². The van der Waals surface area contributed by atoms with Crippen LogP contribution in [0.25, 0.3) is 0 Å². The molecule has 0 aliphatic heterocycles. The van der Waals surface area contributed by atoms with Crippen LogP contribution in [0.3, 0.4) is 0 Å². The quantitative estimate of drug-likeness (QED) is 0.145. The number of nitrogens with zero attached hydrogens (tertiary/aromatic N) is 1. The minimum Gasteiger partial charge on any atom is -0.489 e. The van der Waals surface area contributed by atoms with E-state index in [2.05, 4.69) is 10.4 Å². The van der Waals surface area contributed by atoms with Crippen molar-refractivity contribution in [2.45, 2.75) is 44.8 Å². The number of hydrogen-bond donors (Lipinski definition) is 3. The van der Waals surface area contributed by atoms with Crippen LogP contribution >= 0.6 is 0 Å². The van der Waals surface area contributed by atoms with Gasteiger partial charge in [0, 0.05) is 6.42 Å². The van der Waals surface area contributed by atoms with E-state index in [9.17, 15) is 14.7 Å². The van der Waals surface area contributed by atoms with E-state index >= 15 is 0 Å². The summed E-state index contributed by atoms with van der Waals surface area (Å²) in [5.41, 5.74) is 3.91. The summed E-state index contributed by atoms with van der Waals surface area (Å²) in [5.74, 6) is 4.71. The molecule has 35 heavy (non-hydrogen) atoms. The number of amides is 1. The van der Waals surface area contributed by atoms with Crippen molar-refractivity contribution in [1.82, 2.24) is 5.32 Å². The number of hydrogen-bond acceptors (Lipinski definition) is 5. The molecule has 0 aromatic heterocycles. The Bertz CT molecular complexity index is 1100. The van der Waals surface area contributed by atoms with Gasteiger partial charge in [-0.05, 0) is 53.6 Å². The van der Waals surface area contributed by atoms with Gasteiger partial charge in [0.2, 0.25) is 5.91 Å². The predicted molar refractivity (Wildman–Crippen MR) is 136 cm³/mol. The van der Waals surface area contributed by atoms with E-state index in [1.807, 2.05) is 54.6 Å². The van der Waals surface area contributed by atoms with Gasteiger partial charge in [-0.25, -0.2) is 0 Å². The molecule has 3 aromatic carbocycles. The molecule has 1 amide bonds. The van der Waals surface area contributed by atoms with Crippen molar-refractivity contribution < 1.29 is 19.4 Å². The molecule has 0 saturated heterocycles. The molecule has 182 valence electrons. The summed E-state index contributed by atoms with van der Waals surface area (Å²) in [6, 6.07) is 24.4. The van der Waals surface area contributed by atoms with E-state index in [1.54, 1.807) is 30.5 Å². The number of benzene rings is 3. The van der Waals surface area contributed by atoms with E-state index < -0.39 is 12.0 Å². The first-order chi connectivity index (χ1) is 17.0. The lowest BCUT2D eigenvalue weighted by atomic mass is 10.0. The Hall–Kier alpha value is -4.13. The van der Waals surface area contributed by atoms with E-state index in [0.717, 1.165) is 29.5 Å². The van der Waals surface area contributed by atoms with Crippen molar-refractivity contribution in [3.63, 3.8) is 0 Å². The zero-order chi connectivity index (χ0) is 24.9. The van der Waals surface area contributed by atoms with Gasteiger partial charge in [-0.1, -0.05) is 66.7 Å². The number of aliphatic carboxylic acids is 1.